The van der Waals surface area contributed by atoms with Crippen molar-refractivity contribution in [3.05, 3.63) is 29.8 Å². The molecule has 0 spiro atoms. The van der Waals surface area contributed by atoms with Crippen LogP contribution in [0.25, 0.3) is 0 Å². The lowest BCUT2D eigenvalue weighted by Crippen LogP contribution is -2.64. The third-order valence-corrected chi connectivity index (χ3v) is 14.6. The van der Waals surface area contributed by atoms with Gasteiger partial charge in [-0.25, -0.2) is 25.3 Å². The van der Waals surface area contributed by atoms with Crippen molar-refractivity contribution in [2.24, 2.45) is 0 Å². The largest absolute Gasteiger partial charge is 0.499 e. The summed E-state index contributed by atoms with van der Waals surface area (Å²) in [6.45, 7) is 3.37. The van der Waals surface area contributed by atoms with Crippen molar-refractivity contribution >= 4 is 39.6 Å². The van der Waals surface area contributed by atoms with Gasteiger partial charge in [0, 0.05) is 6.26 Å². The Kier molecular flexibility index (Phi) is 8.99. The molecular weight excluding hydrogens is 635 g/mol. The average molecular weight is 653 g/mol. The maximum absolute atomic E-state index is 14.4. The molecule has 0 fully saturated rings. The Hall–Kier alpha value is -1.81. The molecule has 0 saturated heterocycles. The molecule has 0 amide bonds. The van der Waals surface area contributed by atoms with Crippen molar-refractivity contribution in [2.75, 3.05) is 6.26 Å². The first kappa shape index (κ1) is 34.2. The van der Waals surface area contributed by atoms with Gasteiger partial charge in [-0.15, -0.1) is 0 Å². The fourth-order valence-electron chi connectivity index (χ4n) is 2.63. The van der Waals surface area contributed by atoms with Crippen LogP contribution in [0.3, 0.4) is 0 Å². The summed E-state index contributed by atoms with van der Waals surface area (Å²) in [7, 11) is -30.0. The highest BCUT2D eigenvalue weighted by molar-refractivity contribution is 8.24. The minimum Gasteiger partial charge on any atom is -0.378 e. The van der Waals surface area contributed by atoms with Crippen molar-refractivity contribution in [3.8, 4) is 5.75 Å². The summed E-state index contributed by atoms with van der Waals surface area (Å²) in [5.74, 6) is -9.16. The number of hydrogen-bond donors (Lipinski definition) is 0. The zero-order chi connectivity index (χ0) is 30.6. The Labute approximate surface area is 210 Å². The first-order valence-corrected chi connectivity index (χ1v) is 15.9. The summed E-state index contributed by atoms with van der Waals surface area (Å²) < 4.78 is 216. The lowest BCUT2D eigenvalue weighted by Gasteiger charge is -2.32. The number of halogens is 9. The van der Waals surface area contributed by atoms with Gasteiger partial charge in [0.15, 0.2) is 9.84 Å². The first-order chi connectivity index (χ1) is 16.5. The van der Waals surface area contributed by atoms with Crippen molar-refractivity contribution in [1.29, 1.82) is 0 Å². The molecule has 1 rings (SSSR count). The standard InChI is InChI=1S/C16H17F9O9S4/c1-4-9(2)10-5-7-11(8-6-10)34-38(32,33)15(21,22)13(17,18)14(19,20)36(28,29)12(35(3,26)27)37(30,31)16(23,24)25/h5-9,12H,4H2,1-3H3. The van der Waals surface area contributed by atoms with E-state index >= 15 is 0 Å². The smallest absolute Gasteiger partial charge is 0.378 e. The second-order valence-corrected chi connectivity index (χ2v) is 16.4. The maximum Gasteiger partial charge on any atom is 0.499 e. The SMILES string of the molecule is CCC(C)c1ccc(OS(=O)(=O)C(F)(F)C(F)(F)C(F)(F)S(=O)(=O)C(S(C)(=O)=O)S(=O)(=O)C(F)(F)F)cc1. The summed E-state index contributed by atoms with van der Waals surface area (Å²) >= 11 is 0. The molecule has 0 aliphatic rings. The zero-order valence-electron chi connectivity index (χ0n) is 18.9. The fourth-order valence-corrected chi connectivity index (χ4v) is 10.9. The molecule has 222 valence electrons. The molecule has 0 aromatic heterocycles. The van der Waals surface area contributed by atoms with E-state index < -0.39 is 77.5 Å². The van der Waals surface area contributed by atoms with E-state index in [9.17, 15) is 73.2 Å². The van der Waals surface area contributed by atoms with Gasteiger partial charge in [-0.05, 0) is 30.0 Å². The molecule has 0 radical (unpaired) electrons. The molecule has 0 aliphatic carbocycles. The molecule has 1 aromatic carbocycles. The Morgan fingerprint density at radius 2 is 1.16 bits per heavy atom. The lowest BCUT2D eigenvalue weighted by atomic mass is 9.99. The van der Waals surface area contributed by atoms with Crippen LogP contribution >= 0.6 is 0 Å². The number of alkyl halides is 9. The van der Waals surface area contributed by atoms with Crippen molar-refractivity contribution < 1.29 is 77.4 Å². The van der Waals surface area contributed by atoms with Gasteiger partial charge in [0.25, 0.3) is 23.6 Å². The molecule has 0 heterocycles. The Balaban J connectivity index is 3.73. The summed E-state index contributed by atoms with van der Waals surface area (Å²) in [4.78, 5) is 0. The van der Waals surface area contributed by atoms with Crippen molar-refractivity contribution in [2.45, 2.75) is 52.0 Å². The van der Waals surface area contributed by atoms with E-state index in [0.717, 1.165) is 12.1 Å². The van der Waals surface area contributed by atoms with E-state index in [1.807, 2.05) is 0 Å². The van der Waals surface area contributed by atoms with Crippen LogP contribution in [-0.4, -0.2) is 65.8 Å². The van der Waals surface area contributed by atoms with Crippen molar-refractivity contribution in [1.82, 2.24) is 0 Å². The topological polar surface area (TPSA) is 146 Å². The fraction of sp³-hybridized carbons (Fsp3) is 0.625. The van der Waals surface area contributed by atoms with Gasteiger partial charge in [-0.2, -0.15) is 47.9 Å². The van der Waals surface area contributed by atoms with Gasteiger partial charge >= 0.3 is 32.1 Å². The molecular formula is C16H17F9O9S4. The molecule has 0 saturated carbocycles. The Morgan fingerprint density at radius 3 is 1.50 bits per heavy atom. The van der Waals surface area contributed by atoms with Crippen LogP contribution in [0.1, 0.15) is 31.7 Å². The normalized spacial score (nSPS) is 16.6. The highest BCUT2D eigenvalue weighted by atomic mass is 32.3. The molecule has 2 unspecified atom stereocenters. The second-order valence-electron chi connectivity index (χ2n) is 7.68. The van der Waals surface area contributed by atoms with Crippen LogP contribution < -0.4 is 4.18 Å². The molecule has 0 N–H and O–H groups in total. The highest BCUT2D eigenvalue weighted by Crippen LogP contribution is 2.53. The average Bonchev–Trinajstić information content (AvgIpc) is 2.70. The van der Waals surface area contributed by atoms with E-state index in [2.05, 4.69) is 4.18 Å². The van der Waals surface area contributed by atoms with E-state index in [0.29, 0.717) is 24.1 Å². The van der Waals surface area contributed by atoms with Gasteiger partial charge in [-0.3, -0.25) is 0 Å². The summed E-state index contributed by atoms with van der Waals surface area (Å²) in [6, 6.07) is 3.37. The molecule has 2 atom stereocenters. The van der Waals surface area contributed by atoms with E-state index in [1.165, 1.54) is 0 Å². The number of benzene rings is 1. The molecule has 1 aromatic rings. The van der Waals surface area contributed by atoms with Crippen LogP contribution in [0.15, 0.2) is 24.3 Å². The third-order valence-electron chi connectivity index (χ3n) is 4.85. The minimum atomic E-state index is -8.37. The number of rotatable bonds is 11. The van der Waals surface area contributed by atoms with Crippen LogP contribution in [0.4, 0.5) is 39.5 Å². The number of sulfone groups is 3. The van der Waals surface area contributed by atoms with Gasteiger partial charge in [0.2, 0.25) is 0 Å². The highest BCUT2D eigenvalue weighted by Gasteiger charge is 2.85. The van der Waals surface area contributed by atoms with E-state index in [-0.39, 0.29) is 5.92 Å². The van der Waals surface area contributed by atoms with E-state index in [4.69, 9.17) is 0 Å². The summed E-state index contributed by atoms with van der Waals surface area (Å²) in [5, 5.41) is -15.1. The monoisotopic (exact) mass is 652 g/mol. The van der Waals surface area contributed by atoms with Gasteiger partial charge in [-0.1, -0.05) is 26.0 Å². The Bertz CT molecular complexity index is 1470. The molecule has 0 bridgehead atoms. The second kappa shape index (κ2) is 9.98. The predicted octanol–water partition coefficient (Wildman–Crippen LogP) is 3.41. The summed E-state index contributed by atoms with van der Waals surface area (Å²) in [5.41, 5.74) is -6.54. The number of hydrogen-bond acceptors (Lipinski definition) is 9. The minimum absolute atomic E-state index is 0.189. The Morgan fingerprint density at radius 1 is 0.737 bits per heavy atom. The molecule has 9 nitrogen and oxygen atoms in total. The van der Waals surface area contributed by atoms with Crippen LogP contribution in [0.5, 0.6) is 5.75 Å². The van der Waals surface area contributed by atoms with Gasteiger partial charge < -0.3 is 4.18 Å². The molecule has 22 heteroatoms. The van der Waals surface area contributed by atoms with Gasteiger partial charge in [0.05, 0.1) is 0 Å². The van der Waals surface area contributed by atoms with Gasteiger partial charge in [0.1, 0.15) is 5.75 Å². The third kappa shape index (κ3) is 5.58. The van der Waals surface area contributed by atoms with Crippen LogP contribution in [0, 0.1) is 0 Å². The zero-order valence-corrected chi connectivity index (χ0v) is 22.1. The quantitative estimate of drug-likeness (QED) is 0.259. The predicted molar refractivity (Wildman–Crippen MR) is 112 cm³/mol. The maximum atomic E-state index is 14.4. The summed E-state index contributed by atoms with van der Waals surface area (Å²) in [6.07, 6.45) is -0.196. The first-order valence-electron chi connectivity index (χ1n) is 9.44. The van der Waals surface area contributed by atoms with Crippen LogP contribution in [-0.2, 0) is 39.6 Å². The molecule has 0 aliphatic heterocycles. The van der Waals surface area contributed by atoms with Crippen molar-refractivity contribution in [3.63, 3.8) is 0 Å². The lowest BCUT2D eigenvalue weighted by molar-refractivity contribution is -0.245. The van der Waals surface area contributed by atoms with E-state index in [1.54, 1.807) is 13.8 Å². The van der Waals surface area contributed by atoms with Crippen LogP contribution in [0.2, 0.25) is 0 Å². The molecule has 38 heavy (non-hydrogen) atoms.